The Bertz CT molecular complexity index is 997. The Balaban J connectivity index is 1.45. The standard InChI is InChI=1S/C20H17ClO5S/c1-13-10-19(22)26-18-11-15(4-7-17(13)18)25-12-20(23)24-8-9-27-16-5-2-14(21)3-6-16/h2-7,10-11H,8-9,12H2,1H3. The van der Waals surface area contributed by atoms with Crippen LogP contribution in [0.5, 0.6) is 5.75 Å². The molecule has 3 rings (SSSR count). The molecule has 0 unspecified atom stereocenters. The quantitative estimate of drug-likeness (QED) is 0.250. The molecule has 140 valence electrons. The summed E-state index contributed by atoms with van der Waals surface area (Å²) < 4.78 is 15.7. The minimum atomic E-state index is -0.461. The van der Waals surface area contributed by atoms with Gasteiger partial charge in [0, 0.05) is 33.2 Å². The van der Waals surface area contributed by atoms with Crippen molar-refractivity contribution < 1.29 is 18.7 Å². The largest absolute Gasteiger partial charge is 0.482 e. The minimum Gasteiger partial charge on any atom is -0.482 e. The highest BCUT2D eigenvalue weighted by atomic mass is 35.5. The second-order valence-electron chi connectivity index (χ2n) is 5.72. The first-order valence-corrected chi connectivity index (χ1v) is 9.59. The van der Waals surface area contributed by atoms with E-state index in [4.69, 9.17) is 25.5 Å². The van der Waals surface area contributed by atoms with Crippen LogP contribution in [0.25, 0.3) is 11.0 Å². The van der Waals surface area contributed by atoms with Crippen LogP contribution in [-0.2, 0) is 9.53 Å². The van der Waals surface area contributed by atoms with Gasteiger partial charge < -0.3 is 13.9 Å². The number of rotatable bonds is 7. The van der Waals surface area contributed by atoms with Crippen molar-refractivity contribution in [3.63, 3.8) is 0 Å². The highest BCUT2D eigenvalue weighted by Crippen LogP contribution is 2.22. The third-order valence-corrected chi connectivity index (χ3v) is 4.94. The third kappa shape index (κ3) is 5.52. The van der Waals surface area contributed by atoms with Crippen LogP contribution in [0.1, 0.15) is 5.56 Å². The second kappa shape index (κ2) is 8.97. The number of carbonyl (C=O) groups excluding carboxylic acids is 1. The number of aryl methyl sites for hydroxylation is 1. The monoisotopic (exact) mass is 404 g/mol. The van der Waals surface area contributed by atoms with Crippen molar-refractivity contribution in [2.45, 2.75) is 11.8 Å². The van der Waals surface area contributed by atoms with Crippen LogP contribution in [0.3, 0.4) is 0 Å². The molecule has 0 spiro atoms. The maximum Gasteiger partial charge on any atom is 0.344 e. The number of thioether (sulfide) groups is 1. The molecule has 1 aromatic heterocycles. The number of hydrogen-bond acceptors (Lipinski definition) is 6. The van der Waals surface area contributed by atoms with E-state index < -0.39 is 11.6 Å². The minimum absolute atomic E-state index is 0.215. The fraction of sp³-hybridized carbons (Fsp3) is 0.200. The van der Waals surface area contributed by atoms with Gasteiger partial charge in [0.2, 0.25) is 0 Å². The van der Waals surface area contributed by atoms with Crippen molar-refractivity contribution in [2.75, 3.05) is 19.0 Å². The van der Waals surface area contributed by atoms with Gasteiger partial charge in [-0.1, -0.05) is 11.6 Å². The fourth-order valence-electron chi connectivity index (χ4n) is 2.42. The van der Waals surface area contributed by atoms with E-state index in [9.17, 15) is 9.59 Å². The summed E-state index contributed by atoms with van der Waals surface area (Å²) in [7, 11) is 0. The predicted octanol–water partition coefficient (Wildman–Crippen LogP) is 4.47. The predicted molar refractivity (Wildman–Crippen MR) is 106 cm³/mol. The van der Waals surface area contributed by atoms with Crippen LogP contribution in [0, 0.1) is 6.92 Å². The summed E-state index contributed by atoms with van der Waals surface area (Å²) >= 11 is 7.40. The summed E-state index contributed by atoms with van der Waals surface area (Å²) in [5, 5.41) is 1.51. The number of benzene rings is 2. The third-order valence-electron chi connectivity index (χ3n) is 3.71. The molecule has 5 nitrogen and oxygen atoms in total. The number of carbonyl (C=O) groups is 1. The van der Waals surface area contributed by atoms with E-state index in [1.165, 1.54) is 6.07 Å². The number of esters is 1. The number of hydrogen-bond donors (Lipinski definition) is 0. The van der Waals surface area contributed by atoms with E-state index in [2.05, 4.69) is 0 Å². The van der Waals surface area contributed by atoms with Crippen LogP contribution < -0.4 is 10.4 Å². The van der Waals surface area contributed by atoms with Crippen molar-refractivity contribution in [3.8, 4) is 5.75 Å². The summed E-state index contributed by atoms with van der Waals surface area (Å²) in [6, 6.07) is 14.0. The van der Waals surface area contributed by atoms with Crippen molar-refractivity contribution >= 4 is 40.3 Å². The molecule has 27 heavy (non-hydrogen) atoms. The molecule has 0 aliphatic rings. The van der Waals surface area contributed by atoms with Crippen molar-refractivity contribution in [3.05, 3.63) is 69.5 Å². The molecule has 1 heterocycles. The summed E-state index contributed by atoms with van der Waals surface area (Å²) in [4.78, 5) is 24.3. The lowest BCUT2D eigenvalue weighted by atomic mass is 10.1. The van der Waals surface area contributed by atoms with Gasteiger partial charge in [-0.15, -0.1) is 11.8 Å². The fourth-order valence-corrected chi connectivity index (χ4v) is 3.28. The maximum absolute atomic E-state index is 11.8. The van der Waals surface area contributed by atoms with Gasteiger partial charge in [-0.2, -0.15) is 0 Å². The van der Waals surface area contributed by atoms with Crippen LogP contribution in [0.2, 0.25) is 5.02 Å². The Morgan fingerprint density at radius 3 is 2.70 bits per heavy atom. The van der Waals surface area contributed by atoms with Crippen molar-refractivity contribution in [2.24, 2.45) is 0 Å². The molecule has 0 aliphatic heterocycles. The van der Waals surface area contributed by atoms with E-state index in [1.54, 1.807) is 30.0 Å². The van der Waals surface area contributed by atoms with Gasteiger partial charge in [-0.3, -0.25) is 0 Å². The molecule has 0 radical (unpaired) electrons. The highest BCUT2D eigenvalue weighted by molar-refractivity contribution is 7.99. The number of halogens is 1. The van der Waals surface area contributed by atoms with Gasteiger partial charge in [0.05, 0.1) is 0 Å². The summed E-state index contributed by atoms with van der Waals surface area (Å²) in [5.74, 6) is 0.606. The highest BCUT2D eigenvalue weighted by Gasteiger charge is 2.07. The Morgan fingerprint density at radius 2 is 1.93 bits per heavy atom. The van der Waals surface area contributed by atoms with E-state index in [0.717, 1.165) is 15.8 Å². The molecule has 0 fully saturated rings. The van der Waals surface area contributed by atoms with Crippen LogP contribution >= 0.6 is 23.4 Å². The molecule has 0 saturated heterocycles. The Morgan fingerprint density at radius 1 is 1.15 bits per heavy atom. The topological polar surface area (TPSA) is 65.7 Å². The first kappa shape index (κ1) is 19.3. The average molecular weight is 405 g/mol. The average Bonchev–Trinajstić information content (AvgIpc) is 2.64. The number of ether oxygens (including phenoxy) is 2. The lowest BCUT2D eigenvalue weighted by molar-refractivity contribution is -0.145. The Labute approximate surface area is 165 Å². The zero-order valence-corrected chi connectivity index (χ0v) is 16.1. The first-order chi connectivity index (χ1) is 13.0. The smallest absolute Gasteiger partial charge is 0.344 e. The SMILES string of the molecule is Cc1cc(=O)oc2cc(OCC(=O)OCCSc3ccc(Cl)cc3)ccc12. The molecule has 0 bridgehead atoms. The molecule has 0 saturated carbocycles. The van der Waals surface area contributed by atoms with Gasteiger partial charge in [-0.05, 0) is 48.9 Å². The van der Waals surface area contributed by atoms with E-state index in [-0.39, 0.29) is 13.2 Å². The molecule has 0 amide bonds. The Kier molecular flexibility index (Phi) is 6.42. The van der Waals surface area contributed by atoms with E-state index in [0.29, 0.717) is 22.1 Å². The molecular weight excluding hydrogens is 388 g/mol. The van der Waals surface area contributed by atoms with E-state index in [1.807, 2.05) is 31.2 Å². The zero-order valence-electron chi connectivity index (χ0n) is 14.6. The molecule has 0 atom stereocenters. The van der Waals surface area contributed by atoms with Crippen LogP contribution in [0.4, 0.5) is 0 Å². The van der Waals surface area contributed by atoms with E-state index >= 15 is 0 Å². The summed E-state index contributed by atoms with van der Waals surface area (Å²) in [6.45, 7) is 1.90. The van der Waals surface area contributed by atoms with Gasteiger partial charge in [0.15, 0.2) is 6.61 Å². The molecular formula is C20H17ClO5S. The lowest BCUT2D eigenvalue weighted by Gasteiger charge is -2.08. The molecule has 0 N–H and O–H groups in total. The summed E-state index contributed by atoms with van der Waals surface area (Å²) in [5.41, 5.74) is 0.824. The normalized spacial score (nSPS) is 10.7. The maximum atomic E-state index is 11.8. The van der Waals surface area contributed by atoms with Gasteiger partial charge >= 0.3 is 11.6 Å². The van der Waals surface area contributed by atoms with Crippen molar-refractivity contribution in [1.82, 2.24) is 0 Å². The van der Waals surface area contributed by atoms with Crippen LogP contribution in [-0.4, -0.2) is 24.9 Å². The molecule has 7 heteroatoms. The first-order valence-electron chi connectivity index (χ1n) is 8.22. The van der Waals surface area contributed by atoms with Crippen LogP contribution in [0.15, 0.2) is 62.6 Å². The molecule has 3 aromatic rings. The summed E-state index contributed by atoms with van der Waals surface area (Å²) in [6.07, 6.45) is 0. The second-order valence-corrected chi connectivity index (χ2v) is 7.32. The lowest BCUT2D eigenvalue weighted by Crippen LogP contribution is -2.16. The van der Waals surface area contributed by atoms with Gasteiger partial charge in [0.1, 0.15) is 17.9 Å². The number of fused-ring (bicyclic) bond motifs is 1. The van der Waals surface area contributed by atoms with Gasteiger partial charge in [-0.25, -0.2) is 9.59 Å². The zero-order chi connectivity index (χ0) is 19.2. The van der Waals surface area contributed by atoms with Gasteiger partial charge in [0.25, 0.3) is 0 Å². The Hall–Kier alpha value is -2.44. The molecule has 2 aromatic carbocycles. The molecule has 0 aliphatic carbocycles. The van der Waals surface area contributed by atoms with Crippen molar-refractivity contribution in [1.29, 1.82) is 0 Å².